The summed E-state index contributed by atoms with van der Waals surface area (Å²) in [5, 5.41) is 7.59. The van der Waals surface area contributed by atoms with Crippen LogP contribution in [0, 0.1) is 11.6 Å². The van der Waals surface area contributed by atoms with Crippen LogP contribution < -0.4 is 11.1 Å². The second-order valence-corrected chi connectivity index (χ2v) is 7.60. The molecule has 0 amide bonds. The van der Waals surface area contributed by atoms with Gasteiger partial charge in [0.15, 0.2) is 0 Å². The van der Waals surface area contributed by atoms with E-state index in [1.54, 1.807) is 36.8 Å². The fourth-order valence-corrected chi connectivity index (χ4v) is 3.87. The molecule has 5 rings (SSSR count). The number of allylic oxidation sites excluding steroid dienone is 1. The van der Waals surface area contributed by atoms with Gasteiger partial charge in [0, 0.05) is 11.8 Å². The lowest BCUT2D eigenvalue weighted by molar-refractivity contribution is 0.286. The number of nitrogens with two attached hydrogens (primary N) is 1. The van der Waals surface area contributed by atoms with Crippen molar-refractivity contribution in [3.05, 3.63) is 78.3 Å². The van der Waals surface area contributed by atoms with E-state index in [4.69, 9.17) is 5.73 Å². The first-order chi connectivity index (χ1) is 15.5. The summed E-state index contributed by atoms with van der Waals surface area (Å²) in [5.74, 6) is -1.06. The summed E-state index contributed by atoms with van der Waals surface area (Å²) in [6, 6.07) is 8.06. The Hall–Kier alpha value is -3.72. The Kier molecular flexibility index (Phi) is 5.10. The van der Waals surface area contributed by atoms with Gasteiger partial charge in [-0.25, -0.2) is 18.2 Å². The summed E-state index contributed by atoms with van der Waals surface area (Å²) >= 11 is 0. The number of alkyl halides is 1. The van der Waals surface area contributed by atoms with Crippen LogP contribution in [0.2, 0.25) is 0 Å². The Morgan fingerprint density at radius 3 is 2.66 bits per heavy atom. The predicted molar refractivity (Wildman–Crippen MR) is 116 cm³/mol. The Labute approximate surface area is 181 Å². The third-order valence-electron chi connectivity index (χ3n) is 5.52. The second-order valence-electron chi connectivity index (χ2n) is 7.60. The number of anilines is 2. The zero-order valence-electron chi connectivity index (χ0n) is 16.8. The van der Waals surface area contributed by atoms with Crippen LogP contribution in [0.15, 0.2) is 61.1 Å². The molecule has 3 heterocycles. The van der Waals surface area contributed by atoms with Gasteiger partial charge in [-0.15, -0.1) is 0 Å². The zero-order valence-corrected chi connectivity index (χ0v) is 16.8. The molecule has 0 saturated carbocycles. The molecule has 6 nitrogen and oxygen atoms in total. The van der Waals surface area contributed by atoms with E-state index in [-0.39, 0.29) is 11.3 Å². The molecule has 3 N–H and O–H groups in total. The minimum Gasteiger partial charge on any atom is -0.322 e. The molecule has 0 radical (unpaired) electrons. The van der Waals surface area contributed by atoms with Crippen LogP contribution in [-0.4, -0.2) is 31.8 Å². The van der Waals surface area contributed by atoms with Crippen molar-refractivity contribution >= 4 is 22.7 Å². The van der Waals surface area contributed by atoms with E-state index in [2.05, 4.69) is 20.4 Å². The number of nitrogens with one attached hydrogen (secondary N) is 1. The van der Waals surface area contributed by atoms with Gasteiger partial charge in [-0.1, -0.05) is 12.1 Å². The molecule has 9 heteroatoms. The third-order valence-corrected chi connectivity index (χ3v) is 5.52. The van der Waals surface area contributed by atoms with Crippen molar-refractivity contribution in [1.82, 2.24) is 19.6 Å². The van der Waals surface area contributed by atoms with Crippen molar-refractivity contribution in [2.24, 2.45) is 5.73 Å². The summed E-state index contributed by atoms with van der Waals surface area (Å²) in [5.41, 5.74) is 8.83. The minimum absolute atomic E-state index is 0.135. The number of nitrogens with zero attached hydrogens (tertiary/aromatic N) is 4. The number of hydrogen-bond donors (Lipinski definition) is 2. The standard InChI is InChI=1S/C23H19F3N6/c24-16-6-4-13(10-19(16)27)15-8-9-28-12-21(15)30-23-29-11-14-5-7-20(31-32(14)23)22-17(25)2-1-3-18(22)26/h1-3,5,7-12,16,19H,4,6,27H2,(H,29,30)/t16-,19-/m1/s1. The predicted octanol–water partition coefficient (Wildman–Crippen LogP) is 4.66. The summed E-state index contributed by atoms with van der Waals surface area (Å²) in [7, 11) is 0. The molecule has 2 atom stereocenters. The number of pyridine rings is 1. The molecule has 4 aromatic rings. The van der Waals surface area contributed by atoms with Gasteiger partial charge < -0.3 is 11.1 Å². The SMILES string of the molecule is N[C@@H]1C=C(c2ccncc2Nc2ncc3ccc(-c4c(F)cccc4F)nn23)CC[C@H]1F. The van der Waals surface area contributed by atoms with Crippen molar-refractivity contribution < 1.29 is 13.2 Å². The number of aromatic nitrogens is 4. The highest BCUT2D eigenvalue weighted by atomic mass is 19.1. The molecule has 0 fully saturated rings. The summed E-state index contributed by atoms with van der Waals surface area (Å²) in [4.78, 5) is 8.52. The van der Waals surface area contributed by atoms with Crippen molar-refractivity contribution in [2.45, 2.75) is 25.1 Å². The molecule has 1 aliphatic rings. The lowest BCUT2D eigenvalue weighted by Crippen LogP contribution is -2.32. The molecule has 0 spiro atoms. The number of rotatable bonds is 4. The van der Waals surface area contributed by atoms with Gasteiger partial charge in [0.1, 0.15) is 17.8 Å². The fraction of sp³-hybridized carbons (Fsp3) is 0.174. The van der Waals surface area contributed by atoms with Crippen LogP contribution >= 0.6 is 0 Å². The molecule has 32 heavy (non-hydrogen) atoms. The first-order valence-corrected chi connectivity index (χ1v) is 10.1. The van der Waals surface area contributed by atoms with Gasteiger partial charge in [0.05, 0.1) is 40.9 Å². The topological polar surface area (TPSA) is 81.1 Å². The van der Waals surface area contributed by atoms with E-state index in [1.807, 2.05) is 6.07 Å². The van der Waals surface area contributed by atoms with Gasteiger partial charge >= 0.3 is 0 Å². The van der Waals surface area contributed by atoms with E-state index in [1.165, 1.54) is 22.7 Å². The smallest absolute Gasteiger partial charge is 0.229 e. The maximum atomic E-state index is 14.3. The highest BCUT2D eigenvalue weighted by molar-refractivity contribution is 5.79. The second kappa shape index (κ2) is 8.08. The van der Waals surface area contributed by atoms with E-state index in [9.17, 15) is 13.2 Å². The van der Waals surface area contributed by atoms with E-state index >= 15 is 0 Å². The lowest BCUT2D eigenvalue weighted by atomic mass is 9.90. The number of hydrogen-bond acceptors (Lipinski definition) is 5. The fourth-order valence-electron chi connectivity index (χ4n) is 3.87. The largest absolute Gasteiger partial charge is 0.322 e. The first-order valence-electron chi connectivity index (χ1n) is 10.1. The third kappa shape index (κ3) is 3.60. The van der Waals surface area contributed by atoms with Crippen LogP contribution in [-0.2, 0) is 0 Å². The average molecular weight is 436 g/mol. The monoisotopic (exact) mass is 436 g/mol. The van der Waals surface area contributed by atoms with Crippen LogP contribution in [0.5, 0.6) is 0 Å². The van der Waals surface area contributed by atoms with Crippen LogP contribution in [0.25, 0.3) is 22.3 Å². The maximum absolute atomic E-state index is 14.3. The zero-order chi connectivity index (χ0) is 22.2. The van der Waals surface area contributed by atoms with Crippen LogP contribution in [0.3, 0.4) is 0 Å². The normalized spacial score (nSPS) is 18.6. The molecule has 1 aromatic carbocycles. The molecule has 0 aliphatic heterocycles. The van der Waals surface area contributed by atoms with Crippen molar-refractivity contribution in [1.29, 1.82) is 0 Å². The van der Waals surface area contributed by atoms with Crippen molar-refractivity contribution in [3.63, 3.8) is 0 Å². The molecule has 0 saturated heterocycles. The molecule has 162 valence electrons. The summed E-state index contributed by atoms with van der Waals surface area (Å²) in [6.07, 6.45) is 6.44. The quantitative estimate of drug-likeness (QED) is 0.487. The Morgan fingerprint density at radius 1 is 1.06 bits per heavy atom. The van der Waals surface area contributed by atoms with Gasteiger partial charge in [0.2, 0.25) is 5.95 Å². The maximum Gasteiger partial charge on any atom is 0.229 e. The number of fused-ring (bicyclic) bond motifs is 1. The van der Waals surface area contributed by atoms with E-state index in [0.717, 1.165) is 11.1 Å². The van der Waals surface area contributed by atoms with Crippen molar-refractivity contribution in [3.8, 4) is 11.3 Å². The highest BCUT2D eigenvalue weighted by Crippen LogP contribution is 2.33. The van der Waals surface area contributed by atoms with Gasteiger partial charge in [-0.2, -0.15) is 9.61 Å². The Morgan fingerprint density at radius 2 is 1.88 bits per heavy atom. The summed E-state index contributed by atoms with van der Waals surface area (Å²) in [6.45, 7) is 0. The molecular weight excluding hydrogens is 417 g/mol. The van der Waals surface area contributed by atoms with Gasteiger partial charge in [-0.05, 0) is 48.7 Å². The first kappa shape index (κ1) is 20.2. The number of halogens is 3. The molecule has 0 unspecified atom stereocenters. The molecule has 0 bridgehead atoms. The van der Waals surface area contributed by atoms with Crippen LogP contribution in [0.1, 0.15) is 18.4 Å². The molecular formula is C23H19F3N6. The number of benzene rings is 1. The highest BCUT2D eigenvalue weighted by Gasteiger charge is 2.23. The van der Waals surface area contributed by atoms with E-state index < -0.39 is 23.8 Å². The van der Waals surface area contributed by atoms with Crippen LogP contribution in [0.4, 0.5) is 24.8 Å². The van der Waals surface area contributed by atoms with Gasteiger partial charge in [0.25, 0.3) is 0 Å². The van der Waals surface area contributed by atoms with E-state index in [0.29, 0.717) is 30.0 Å². The Balaban J connectivity index is 1.54. The van der Waals surface area contributed by atoms with Gasteiger partial charge in [-0.3, -0.25) is 4.98 Å². The lowest BCUT2D eigenvalue weighted by Gasteiger charge is -2.23. The molecule has 1 aliphatic carbocycles. The average Bonchev–Trinajstić information content (AvgIpc) is 3.18. The number of imidazole rings is 1. The minimum atomic E-state index is -1.06. The summed E-state index contributed by atoms with van der Waals surface area (Å²) < 4.78 is 43.8. The Bertz CT molecular complexity index is 1310. The van der Waals surface area contributed by atoms with Crippen molar-refractivity contribution in [2.75, 3.05) is 5.32 Å². The molecule has 3 aromatic heterocycles.